The van der Waals surface area contributed by atoms with Crippen molar-refractivity contribution in [2.45, 2.75) is 25.1 Å². The highest BCUT2D eigenvalue weighted by Crippen LogP contribution is 2.42. The number of aryl methyl sites for hydroxylation is 1. The van der Waals surface area contributed by atoms with E-state index in [4.69, 9.17) is 4.74 Å². The van der Waals surface area contributed by atoms with Crippen LogP contribution in [0.25, 0.3) is 0 Å². The molecule has 3 aromatic rings. The summed E-state index contributed by atoms with van der Waals surface area (Å²) >= 11 is 1.62. The maximum atomic E-state index is 12.6. The van der Waals surface area contributed by atoms with Gasteiger partial charge in [0.25, 0.3) is 0 Å². The van der Waals surface area contributed by atoms with Gasteiger partial charge in [-0.1, -0.05) is 43.3 Å². The summed E-state index contributed by atoms with van der Waals surface area (Å²) in [7, 11) is 1.62. The predicted molar refractivity (Wildman–Crippen MR) is 130 cm³/mol. The number of anilines is 2. The number of carbonyl (C=O) groups excluding carboxylic acids is 2. The van der Waals surface area contributed by atoms with Crippen molar-refractivity contribution in [3.05, 3.63) is 89.5 Å². The Morgan fingerprint density at radius 2 is 1.81 bits per heavy atom. The van der Waals surface area contributed by atoms with Crippen molar-refractivity contribution in [3.8, 4) is 5.75 Å². The fourth-order valence-corrected chi connectivity index (χ4v) is 4.92. The van der Waals surface area contributed by atoms with Gasteiger partial charge in [-0.15, -0.1) is 11.8 Å². The summed E-state index contributed by atoms with van der Waals surface area (Å²) in [6.07, 6.45) is 1.22. The molecule has 1 atom stereocenters. The Hall–Kier alpha value is -3.25. The molecule has 1 saturated heterocycles. The van der Waals surface area contributed by atoms with E-state index in [0.29, 0.717) is 12.2 Å². The van der Waals surface area contributed by atoms with E-state index in [1.807, 2.05) is 65.6 Å². The average Bonchev–Trinajstić information content (AvgIpc) is 3.21. The molecule has 1 N–H and O–H groups in total. The van der Waals surface area contributed by atoms with Crippen LogP contribution in [-0.4, -0.2) is 24.7 Å². The lowest BCUT2D eigenvalue weighted by molar-refractivity contribution is -0.116. The largest absolute Gasteiger partial charge is 0.497 e. The Morgan fingerprint density at radius 3 is 2.50 bits per heavy atom. The van der Waals surface area contributed by atoms with Crippen LogP contribution in [0, 0.1) is 0 Å². The van der Waals surface area contributed by atoms with E-state index >= 15 is 0 Å². The maximum Gasteiger partial charge on any atom is 0.238 e. The van der Waals surface area contributed by atoms with Crippen LogP contribution in [0.3, 0.4) is 0 Å². The summed E-state index contributed by atoms with van der Waals surface area (Å²) in [5.41, 5.74) is 4.84. The first-order valence-electron chi connectivity index (χ1n) is 10.6. The molecule has 0 saturated carbocycles. The van der Waals surface area contributed by atoms with Crippen molar-refractivity contribution in [1.29, 1.82) is 0 Å². The molecule has 0 radical (unpaired) electrons. The summed E-state index contributed by atoms with van der Waals surface area (Å²) in [5, 5.41) is 2.88. The molecule has 164 valence electrons. The summed E-state index contributed by atoms with van der Waals surface area (Å²) < 4.78 is 5.15. The number of methoxy groups -OCH3 is 1. The number of hydrogen-bond acceptors (Lipinski definition) is 4. The van der Waals surface area contributed by atoms with Crippen LogP contribution in [0.15, 0.2) is 72.8 Å². The Kier molecular flexibility index (Phi) is 6.81. The van der Waals surface area contributed by atoms with Crippen molar-refractivity contribution >= 4 is 35.0 Å². The van der Waals surface area contributed by atoms with Gasteiger partial charge < -0.3 is 10.1 Å². The smallest absolute Gasteiger partial charge is 0.238 e. The summed E-state index contributed by atoms with van der Waals surface area (Å²) in [6.45, 7) is 2.11. The summed E-state index contributed by atoms with van der Waals surface area (Å²) in [4.78, 5) is 26.9. The molecular weight excluding hydrogens is 420 g/mol. The van der Waals surface area contributed by atoms with E-state index in [1.165, 1.54) is 5.56 Å². The zero-order valence-corrected chi connectivity index (χ0v) is 19.0. The molecule has 1 fully saturated rings. The minimum atomic E-state index is -0.0775. The fourth-order valence-electron chi connectivity index (χ4n) is 3.74. The lowest BCUT2D eigenvalue weighted by Gasteiger charge is -2.25. The monoisotopic (exact) mass is 446 g/mol. The van der Waals surface area contributed by atoms with Gasteiger partial charge in [-0.3, -0.25) is 14.5 Å². The molecule has 1 aliphatic rings. The lowest BCUT2D eigenvalue weighted by Crippen LogP contribution is -2.27. The first kappa shape index (κ1) is 22.0. The third kappa shape index (κ3) is 4.97. The van der Waals surface area contributed by atoms with Crippen molar-refractivity contribution in [3.63, 3.8) is 0 Å². The van der Waals surface area contributed by atoms with Gasteiger partial charge in [0.05, 0.1) is 19.3 Å². The molecule has 0 bridgehead atoms. The second-order valence-electron chi connectivity index (χ2n) is 7.65. The number of nitrogens with zero attached hydrogens (tertiary/aromatic N) is 1. The van der Waals surface area contributed by atoms with Gasteiger partial charge in [-0.05, 0) is 59.5 Å². The highest BCUT2D eigenvalue weighted by molar-refractivity contribution is 8.00. The number of rotatable bonds is 7. The zero-order valence-electron chi connectivity index (χ0n) is 18.2. The SMILES string of the molecule is CCc1cccc(N2C(=O)CS[C@H]2c2ccc(NC(=O)Cc3ccc(OC)cc3)cc2)c1. The van der Waals surface area contributed by atoms with Crippen molar-refractivity contribution in [2.75, 3.05) is 23.1 Å². The Labute approximate surface area is 192 Å². The topological polar surface area (TPSA) is 58.6 Å². The number of hydrogen-bond donors (Lipinski definition) is 1. The third-order valence-electron chi connectivity index (χ3n) is 5.47. The number of amides is 2. The van der Waals surface area contributed by atoms with Crippen molar-refractivity contribution in [1.82, 2.24) is 0 Å². The highest BCUT2D eigenvalue weighted by atomic mass is 32.2. The molecule has 0 unspecified atom stereocenters. The van der Waals surface area contributed by atoms with Gasteiger partial charge in [0, 0.05) is 11.4 Å². The molecule has 6 heteroatoms. The van der Waals surface area contributed by atoms with Crippen LogP contribution < -0.4 is 15.0 Å². The standard InChI is InChI=1S/C26H26N2O3S/c1-3-18-5-4-6-22(15-18)28-25(30)17-32-26(28)20-9-11-21(12-10-20)27-24(29)16-19-7-13-23(31-2)14-8-19/h4-15,26H,3,16-17H2,1-2H3,(H,27,29)/t26-/m0/s1. The summed E-state index contributed by atoms with van der Waals surface area (Å²) in [6, 6.07) is 23.4. The van der Waals surface area contributed by atoms with E-state index in [2.05, 4.69) is 24.4 Å². The number of carbonyl (C=O) groups is 2. The Morgan fingerprint density at radius 1 is 1.06 bits per heavy atom. The summed E-state index contributed by atoms with van der Waals surface area (Å²) in [5.74, 6) is 1.27. The first-order valence-corrected chi connectivity index (χ1v) is 11.7. The van der Waals surface area contributed by atoms with Crippen molar-refractivity contribution < 1.29 is 14.3 Å². The third-order valence-corrected chi connectivity index (χ3v) is 6.68. The minimum Gasteiger partial charge on any atom is -0.497 e. The first-order chi connectivity index (χ1) is 15.6. The second kappa shape index (κ2) is 9.92. The quantitative estimate of drug-likeness (QED) is 0.541. The molecule has 32 heavy (non-hydrogen) atoms. The minimum absolute atomic E-state index is 0.0707. The fraction of sp³-hybridized carbons (Fsp3) is 0.231. The van der Waals surface area contributed by atoms with Gasteiger partial charge in [0.1, 0.15) is 11.1 Å². The molecule has 1 heterocycles. The average molecular weight is 447 g/mol. The molecule has 4 rings (SSSR count). The van der Waals surface area contributed by atoms with E-state index in [1.54, 1.807) is 18.9 Å². The molecule has 5 nitrogen and oxygen atoms in total. The second-order valence-corrected chi connectivity index (χ2v) is 8.71. The normalized spacial score (nSPS) is 15.6. The van der Waals surface area contributed by atoms with Crippen LogP contribution in [-0.2, 0) is 22.4 Å². The van der Waals surface area contributed by atoms with Crippen LogP contribution in [0.2, 0.25) is 0 Å². The van der Waals surface area contributed by atoms with Crippen LogP contribution >= 0.6 is 11.8 Å². The van der Waals surface area contributed by atoms with Crippen LogP contribution in [0.4, 0.5) is 11.4 Å². The van der Waals surface area contributed by atoms with E-state index < -0.39 is 0 Å². The Bertz CT molecular complexity index is 1100. The molecule has 0 aliphatic carbocycles. The number of benzene rings is 3. The maximum absolute atomic E-state index is 12.6. The Balaban J connectivity index is 1.44. The van der Waals surface area contributed by atoms with E-state index in [-0.39, 0.29) is 17.2 Å². The van der Waals surface area contributed by atoms with E-state index in [0.717, 1.165) is 34.7 Å². The molecule has 1 aliphatic heterocycles. The predicted octanol–water partition coefficient (Wildman–Crippen LogP) is 5.22. The molecule has 0 aromatic heterocycles. The molecule has 2 amide bonds. The number of ether oxygens (including phenoxy) is 1. The van der Waals surface area contributed by atoms with Gasteiger partial charge in [-0.25, -0.2) is 0 Å². The molecule has 0 spiro atoms. The number of nitrogens with one attached hydrogen (secondary N) is 1. The molecular formula is C26H26N2O3S. The highest BCUT2D eigenvalue weighted by Gasteiger charge is 2.34. The van der Waals surface area contributed by atoms with Crippen LogP contribution in [0.5, 0.6) is 5.75 Å². The zero-order chi connectivity index (χ0) is 22.5. The van der Waals surface area contributed by atoms with Gasteiger partial charge >= 0.3 is 0 Å². The van der Waals surface area contributed by atoms with Gasteiger partial charge in [0.15, 0.2) is 0 Å². The molecule has 3 aromatic carbocycles. The number of thioether (sulfide) groups is 1. The van der Waals surface area contributed by atoms with Crippen molar-refractivity contribution in [2.24, 2.45) is 0 Å². The van der Waals surface area contributed by atoms with E-state index in [9.17, 15) is 9.59 Å². The van der Waals surface area contributed by atoms with Gasteiger partial charge in [-0.2, -0.15) is 0 Å². The lowest BCUT2D eigenvalue weighted by atomic mass is 10.1. The van der Waals surface area contributed by atoms with Crippen LogP contribution in [0.1, 0.15) is 29.0 Å². The van der Waals surface area contributed by atoms with Gasteiger partial charge in [0.2, 0.25) is 11.8 Å².